The molecule has 285 valence electrons. The minimum atomic E-state index is -2.34. The Morgan fingerprint density at radius 2 is 1.48 bits per heavy atom. The van der Waals surface area contributed by atoms with Crippen LogP contribution in [0.25, 0.3) is 55.7 Å². The van der Waals surface area contributed by atoms with Gasteiger partial charge in [0.25, 0.3) is 0 Å². The van der Waals surface area contributed by atoms with Crippen molar-refractivity contribution in [3.05, 3.63) is 173 Å². The summed E-state index contributed by atoms with van der Waals surface area (Å²) in [5.74, 6) is 0. The van der Waals surface area contributed by atoms with Gasteiger partial charge in [0.1, 0.15) is 0 Å². The quantitative estimate of drug-likeness (QED) is 0.156. The van der Waals surface area contributed by atoms with Crippen molar-refractivity contribution in [1.29, 1.82) is 0 Å². The number of benzene rings is 4. The van der Waals surface area contributed by atoms with E-state index in [1.165, 1.54) is 39.4 Å². The molecular formula is C51H49IrN3O-2. The third-order valence-corrected chi connectivity index (χ3v) is 10.1. The Bertz CT molecular complexity index is 2820. The summed E-state index contributed by atoms with van der Waals surface area (Å²) in [6, 6.07) is 41.8. The molecule has 0 N–H and O–H groups in total. The molecule has 4 aromatic heterocycles. The van der Waals surface area contributed by atoms with E-state index >= 15 is 0 Å². The van der Waals surface area contributed by atoms with Crippen LogP contribution in [0.15, 0.2) is 126 Å². The van der Waals surface area contributed by atoms with Gasteiger partial charge < -0.3 is 14.4 Å². The zero-order chi connectivity index (χ0) is 43.2. The first kappa shape index (κ1) is 34.1. The van der Waals surface area contributed by atoms with Gasteiger partial charge in [-0.25, -0.2) is 4.98 Å². The molecule has 0 atom stereocenters. The molecule has 0 aliphatic rings. The third-order valence-electron chi connectivity index (χ3n) is 10.1. The Labute approximate surface area is 352 Å². The standard InChI is InChI=1S/C31H31N2O.C20H18N.Ir/c1-20-10-15-25-24-8-7-9-26(28(24)34-29(25)33-20)27-18-21(16-17-32-27)19-31(5,6)23-13-11-22(12-14-23)30(2,3)4;1-14-9-10-18(20-11-15(2)16(3)13-21-20)12-19(14)17-7-5-4-6-8-17;/h7-8,10-18H,19H2,1-6H3;4-9,11-13H,1-3H3;/q2*-1;/i1D3,19D2;;. The molecule has 0 unspecified atom stereocenters. The molecule has 0 spiro atoms. The van der Waals surface area contributed by atoms with E-state index < -0.39 is 18.6 Å². The Balaban J connectivity index is 0.000000238. The molecule has 0 saturated heterocycles. The number of nitrogens with zero attached hydrogens (tertiary/aromatic N) is 3. The first-order valence-corrected chi connectivity index (χ1v) is 18.6. The van der Waals surface area contributed by atoms with Crippen molar-refractivity contribution < 1.29 is 31.4 Å². The van der Waals surface area contributed by atoms with E-state index in [0.717, 1.165) is 22.2 Å². The van der Waals surface area contributed by atoms with Gasteiger partial charge in [-0.2, -0.15) is 0 Å². The van der Waals surface area contributed by atoms with Crippen molar-refractivity contribution in [2.45, 2.75) is 79.4 Å². The molecule has 0 aliphatic heterocycles. The van der Waals surface area contributed by atoms with Crippen molar-refractivity contribution in [3.63, 3.8) is 0 Å². The monoisotopic (exact) mass is 917 g/mol. The van der Waals surface area contributed by atoms with Gasteiger partial charge in [0, 0.05) is 50.4 Å². The molecule has 5 heteroatoms. The van der Waals surface area contributed by atoms with Crippen LogP contribution >= 0.6 is 0 Å². The number of furan rings is 1. The number of hydrogen-bond donors (Lipinski definition) is 0. The maximum Gasteiger partial charge on any atom is 0.216 e. The van der Waals surface area contributed by atoms with Gasteiger partial charge in [-0.15, -0.1) is 47.5 Å². The van der Waals surface area contributed by atoms with Crippen LogP contribution in [0.2, 0.25) is 0 Å². The summed E-state index contributed by atoms with van der Waals surface area (Å²) in [5.41, 5.74) is 11.7. The zero-order valence-electron chi connectivity index (χ0n) is 38.1. The summed E-state index contributed by atoms with van der Waals surface area (Å²) in [6.07, 6.45) is 1.80. The number of rotatable bonds is 6. The molecular weight excluding hydrogens is 863 g/mol. The van der Waals surface area contributed by atoms with E-state index in [9.17, 15) is 2.74 Å². The van der Waals surface area contributed by atoms with Crippen molar-refractivity contribution in [1.82, 2.24) is 15.0 Å². The maximum absolute atomic E-state index is 9.22. The molecule has 0 bridgehead atoms. The van der Waals surface area contributed by atoms with Crippen molar-refractivity contribution in [3.8, 4) is 33.6 Å². The summed E-state index contributed by atoms with van der Waals surface area (Å²) in [5, 5.41) is 1.46. The molecule has 0 amide bonds. The van der Waals surface area contributed by atoms with Crippen molar-refractivity contribution >= 4 is 22.1 Å². The SMILES string of the molecule is Cc1cnc(-c2[c-]cc(C)c(-c3ccccc3)c2)cc1C.[2H]C([2H])([2H])c1ccc2c(n1)oc1c(-c3cc(C([2H])([2H])C(C)(C)c4ccc(C(C)(C)C)cc4)ccn3)[c-]ccc12.[Ir]. The molecule has 8 rings (SSSR count). The normalized spacial score (nSPS) is 13.4. The predicted molar refractivity (Wildman–Crippen MR) is 228 cm³/mol. The number of aryl methyl sites for hydroxylation is 4. The van der Waals surface area contributed by atoms with Crippen LogP contribution in [0.3, 0.4) is 0 Å². The first-order chi connectivity index (χ1) is 28.3. The van der Waals surface area contributed by atoms with Gasteiger partial charge in [-0.05, 0) is 89.7 Å². The second-order valence-corrected chi connectivity index (χ2v) is 15.7. The van der Waals surface area contributed by atoms with E-state index in [1.54, 1.807) is 30.5 Å². The van der Waals surface area contributed by atoms with Gasteiger partial charge in [-0.1, -0.05) is 136 Å². The second kappa shape index (κ2) is 16.5. The van der Waals surface area contributed by atoms with Gasteiger partial charge in [0.2, 0.25) is 5.71 Å². The van der Waals surface area contributed by atoms with Crippen LogP contribution in [0.5, 0.6) is 0 Å². The number of fused-ring (bicyclic) bond motifs is 3. The Morgan fingerprint density at radius 1 is 0.732 bits per heavy atom. The summed E-state index contributed by atoms with van der Waals surface area (Å²) in [7, 11) is 0. The van der Waals surface area contributed by atoms with E-state index in [-0.39, 0.29) is 36.9 Å². The third kappa shape index (κ3) is 8.76. The van der Waals surface area contributed by atoms with E-state index in [0.29, 0.717) is 27.8 Å². The Kier molecular flexibility index (Phi) is 10.0. The van der Waals surface area contributed by atoms with Crippen LogP contribution in [0, 0.1) is 39.8 Å². The minimum Gasteiger partial charge on any atom is -0.486 e. The Hall–Kier alpha value is -5.22. The van der Waals surface area contributed by atoms with E-state index in [4.69, 9.17) is 8.53 Å². The van der Waals surface area contributed by atoms with Gasteiger partial charge in [-0.3, -0.25) is 0 Å². The zero-order valence-corrected chi connectivity index (χ0v) is 35.5. The van der Waals surface area contributed by atoms with Crippen molar-refractivity contribution in [2.75, 3.05) is 0 Å². The molecule has 8 aromatic rings. The van der Waals surface area contributed by atoms with Crippen LogP contribution in [0.1, 0.15) is 80.5 Å². The molecule has 4 aromatic carbocycles. The maximum atomic E-state index is 9.22. The molecule has 0 aliphatic carbocycles. The fraction of sp³-hybridized carbons (Fsp3) is 0.235. The minimum absolute atomic E-state index is 0. The largest absolute Gasteiger partial charge is 0.486 e. The summed E-state index contributed by atoms with van der Waals surface area (Å²) in [4.78, 5) is 13.3. The summed E-state index contributed by atoms with van der Waals surface area (Å²) >= 11 is 0. The first-order valence-electron chi connectivity index (χ1n) is 21.1. The second-order valence-electron chi connectivity index (χ2n) is 15.7. The van der Waals surface area contributed by atoms with Crippen molar-refractivity contribution in [2.24, 2.45) is 0 Å². The molecule has 4 nitrogen and oxygen atoms in total. The van der Waals surface area contributed by atoms with Crippen LogP contribution in [-0.4, -0.2) is 15.0 Å². The fourth-order valence-corrected chi connectivity index (χ4v) is 6.69. The molecule has 4 heterocycles. The van der Waals surface area contributed by atoms with Crippen LogP contribution in [-0.2, 0) is 37.3 Å². The van der Waals surface area contributed by atoms with Crippen LogP contribution in [0.4, 0.5) is 0 Å². The number of aromatic nitrogens is 3. The number of pyridine rings is 3. The molecule has 0 saturated carbocycles. The van der Waals surface area contributed by atoms with Gasteiger partial charge >= 0.3 is 0 Å². The van der Waals surface area contributed by atoms with Gasteiger partial charge in [0.05, 0.1) is 5.58 Å². The van der Waals surface area contributed by atoms with Gasteiger partial charge in [0.15, 0.2) is 0 Å². The smallest absolute Gasteiger partial charge is 0.216 e. The van der Waals surface area contributed by atoms with E-state index in [1.807, 2.05) is 44.3 Å². The van der Waals surface area contributed by atoms with E-state index in [2.05, 4.69) is 123 Å². The number of hydrogen-bond acceptors (Lipinski definition) is 4. The summed E-state index contributed by atoms with van der Waals surface area (Å²) < 4.78 is 47.5. The average molecular weight is 917 g/mol. The average Bonchev–Trinajstić information content (AvgIpc) is 3.60. The molecule has 1 radical (unpaired) electrons. The Morgan fingerprint density at radius 3 is 2.20 bits per heavy atom. The molecule has 0 fully saturated rings. The summed E-state index contributed by atoms with van der Waals surface area (Å²) in [6.45, 7) is 14.3. The fourth-order valence-electron chi connectivity index (χ4n) is 6.69. The molecule has 56 heavy (non-hydrogen) atoms. The van der Waals surface area contributed by atoms with Crippen LogP contribution < -0.4 is 0 Å². The topological polar surface area (TPSA) is 51.8 Å². The predicted octanol–water partition coefficient (Wildman–Crippen LogP) is 13.1.